The van der Waals surface area contributed by atoms with Gasteiger partial charge >= 0.3 is 0 Å². The highest BCUT2D eigenvalue weighted by atomic mass is 32.2. The number of aliphatic imine (C=N–C) groups is 1. The Morgan fingerprint density at radius 2 is 2.27 bits per heavy atom. The van der Waals surface area contributed by atoms with Gasteiger partial charge in [0.2, 0.25) is 10.0 Å². The van der Waals surface area contributed by atoms with Crippen LogP contribution < -0.4 is 11.1 Å². The Kier molecular flexibility index (Phi) is 5.42. The highest BCUT2D eigenvalue weighted by molar-refractivity contribution is 7.88. The molecular formula is C15H24N4O2S. The summed E-state index contributed by atoms with van der Waals surface area (Å²) in [6, 6.07) is 8.04. The van der Waals surface area contributed by atoms with Gasteiger partial charge < -0.3 is 11.1 Å². The molecule has 22 heavy (non-hydrogen) atoms. The number of benzene rings is 1. The van der Waals surface area contributed by atoms with Crippen molar-refractivity contribution < 1.29 is 8.42 Å². The molecule has 0 saturated carbocycles. The molecule has 0 aromatic heterocycles. The minimum absolute atomic E-state index is 0.233. The van der Waals surface area contributed by atoms with Crippen molar-refractivity contribution in [3.05, 3.63) is 29.8 Å². The lowest BCUT2D eigenvalue weighted by Gasteiger charge is -2.12. The number of hydrogen-bond donors (Lipinski definition) is 2. The monoisotopic (exact) mass is 324 g/mol. The quantitative estimate of drug-likeness (QED) is 0.630. The molecule has 1 aromatic carbocycles. The van der Waals surface area contributed by atoms with E-state index in [1.54, 1.807) is 0 Å². The fourth-order valence-corrected chi connectivity index (χ4v) is 3.45. The summed E-state index contributed by atoms with van der Waals surface area (Å²) in [5.74, 6) is 0.600. The number of nitrogens with one attached hydrogen (secondary N) is 1. The number of guanidine groups is 1. The Hall–Kier alpha value is -1.60. The van der Waals surface area contributed by atoms with E-state index in [0.29, 0.717) is 25.6 Å². The van der Waals surface area contributed by atoms with Crippen LogP contribution in [0.5, 0.6) is 0 Å². The third-order valence-corrected chi connectivity index (χ3v) is 5.11. The molecule has 0 aliphatic carbocycles. The number of nitrogens with zero attached hydrogens (tertiary/aromatic N) is 2. The van der Waals surface area contributed by atoms with Crippen LogP contribution in [0.3, 0.4) is 0 Å². The van der Waals surface area contributed by atoms with Gasteiger partial charge in [0.1, 0.15) is 0 Å². The van der Waals surface area contributed by atoms with Gasteiger partial charge in [0.15, 0.2) is 5.96 Å². The lowest BCUT2D eigenvalue weighted by Crippen LogP contribution is -2.28. The molecule has 1 atom stereocenters. The summed E-state index contributed by atoms with van der Waals surface area (Å²) >= 11 is 0. The number of nitrogens with two attached hydrogens (primary N) is 1. The predicted molar refractivity (Wildman–Crippen MR) is 90.5 cm³/mol. The van der Waals surface area contributed by atoms with Crippen molar-refractivity contribution in [2.45, 2.75) is 19.8 Å². The van der Waals surface area contributed by atoms with Crippen molar-refractivity contribution in [3.63, 3.8) is 0 Å². The molecule has 1 fully saturated rings. The first-order valence-corrected chi connectivity index (χ1v) is 9.34. The molecule has 2 rings (SSSR count). The molecule has 6 nitrogen and oxygen atoms in total. The van der Waals surface area contributed by atoms with Gasteiger partial charge in [-0.1, -0.05) is 19.1 Å². The van der Waals surface area contributed by atoms with Gasteiger partial charge in [0, 0.05) is 25.3 Å². The molecule has 1 unspecified atom stereocenters. The normalized spacial score (nSPS) is 20.3. The molecule has 1 saturated heterocycles. The standard InChI is InChI=1S/C15H24N4O2S/c1-3-12-5-4-6-14(9-12)18-15(16)17-10-13-7-8-19(11-13)22(2,20)21/h4-6,9,13H,3,7-8,10-11H2,1-2H3,(H3,16,17,18). The first kappa shape index (κ1) is 16.8. The highest BCUT2D eigenvalue weighted by Crippen LogP contribution is 2.19. The van der Waals surface area contributed by atoms with E-state index in [1.165, 1.54) is 16.1 Å². The number of aryl methyl sites for hydroxylation is 1. The van der Waals surface area contributed by atoms with Crippen molar-refractivity contribution in [1.29, 1.82) is 0 Å². The highest BCUT2D eigenvalue weighted by Gasteiger charge is 2.28. The molecule has 122 valence electrons. The van der Waals surface area contributed by atoms with E-state index in [1.807, 2.05) is 18.2 Å². The Morgan fingerprint density at radius 1 is 1.50 bits per heavy atom. The summed E-state index contributed by atoms with van der Waals surface area (Å²) in [4.78, 5) is 4.34. The van der Waals surface area contributed by atoms with Crippen molar-refractivity contribution >= 4 is 21.7 Å². The summed E-state index contributed by atoms with van der Waals surface area (Å²) in [6.45, 7) is 3.74. The summed E-state index contributed by atoms with van der Waals surface area (Å²) < 4.78 is 24.4. The minimum Gasteiger partial charge on any atom is -0.370 e. The molecule has 3 N–H and O–H groups in total. The zero-order valence-corrected chi connectivity index (χ0v) is 13.9. The van der Waals surface area contributed by atoms with Crippen LogP contribution >= 0.6 is 0 Å². The number of hydrogen-bond acceptors (Lipinski definition) is 3. The molecule has 1 heterocycles. The average molecular weight is 324 g/mol. The fourth-order valence-electron chi connectivity index (χ4n) is 2.53. The molecule has 1 aliphatic heterocycles. The third kappa shape index (κ3) is 4.71. The summed E-state index contributed by atoms with van der Waals surface area (Å²) in [5.41, 5.74) is 8.06. The van der Waals surface area contributed by atoms with E-state index >= 15 is 0 Å². The number of anilines is 1. The molecule has 1 aromatic rings. The van der Waals surface area contributed by atoms with E-state index in [9.17, 15) is 8.42 Å². The molecule has 7 heteroatoms. The van der Waals surface area contributed by atoms with E-state index in [0.717, 1.165) is 18.5 Å². The lowest BCUT2D eigenvalue weighted by atomic mass is 10.1. The van der Waals surface area contributed by atoms with Crippen LogP contribution in [0.2, 0.25) is 0 Å². The SMILES string of the molecule is CCc1cccc(NC(N)=NCC2CCN(S(C)(=O)=O)C2)c1. The first-order chi connectivity index (χ1) is 10.4. The van der Waals surface area contributed by atoms with Gasteiger partial charge in [0.05, 0.1) is 6.26 Å². The van der Waals surface area contributed by atoms with Crippen molar-refractivity contribution in [3.8, 4) is 0 Å². The first-order valence-electron chi connectivity index (χ1n) is 7.49. The maximum atomic E-state index is 11.5. The molecular weight excluding hydrogens is 300 g/mol. The van der Waals surface area contributed by atoms with Crippen LogP contribution in [0.15, 0.2) is 29.3 Å². The Bertz CT molecular complexity index is 643. The summed E-state index contributed by atoms with van der Waals surface area (Å²) in [7, 11) is -3.09. The second-order valence-corrected chi connectivity index (χ2v) is 7.66. The van der Waals surface area contributed by atoms with E-state index < -0.39 is 10.0 Å². The van der Waals surface area contributed by atoms with Crippen LogP contribution in [0.4, 0.5) is 5.69 Å². The molecule has 0 bridgehead atoms. The van der Waals surface area contributed by atoms with E-state index in [-0.39, 0.29) is 5.92 Å². The largest absolute Gasteiger partial charge is 0.370 e. The van der Waals surface area contributed by atoms with Crippen molar-refractivity contribution in [2.24, 2.45) is 16.6 Å². The zero-order chi connectivity index (χ0) is 16.2. The summed E-state index contributed by atoms with van der Waals surface area (Å²) in [5, 5.41) is 3.08. The van der Waals surface area contributed by atoms with Crippen LogP contribution in [0.25, 0.3) is 0 Å². The van der Waals surface area contributed by atoms with Crippen molar-refractivity contribution in [2.75, 3.05) is 31.2 Å². The Labute approximate surface area is 132 Å². The second-order valence-electron chi connectivity index (χ2n) is 5.68. The molecule has 1 aliphatic rings. The number of rotatable bonds is 5. The predicted octanol–water partition coefficient (Wildman–Crippen LogP) is 1.26. The van der Waals surface area contributed by atoms with Gasteiger partial charge in [-0.3, -0.25) is 4.99 Å². The zero-order valence-electron chi connectivity index (χ0n) is 13.1. The van der Waals surface area contributed by atoms with Crippen LogP contribution in [-0.2, 0) is 16.4 Å². The van der Waals surface area contributed by atoms with Gasteiger partial charge in [-0.2, -0.15) is 0 Å². The topological polar surface area (TPSA) is 87.8 Å². The average Bonchev–Trinajstić information content (AvgIpc) is 2.94. The van der Waals surface area contributed by atoms with Crippen molar-refractivity contribution in [1.82, 2.24) is 4.31 Å². The van der Waals surface area contributed by atoms with Crippen LogP contribution in [0.1, 0.15) is 18.9 Å². The third-order valence-electron chi connectivity index (χ3n) is 3.85. The molecule has 0 radical (unpaired) electrons. The Balaban J connectivity index is 1.88. The molecule has 0 spiro atoms. The lowest BCUT2D eigenvalue weighted by molar-refractivity contribution is 0.464. The maximum Gasteiger partial charge on any atom is 0.211 e. The van der Waals surface area contributed by atoms with Gasteiger partial charge in [-0.15, -0.1) is 0 Å². The minimum atomic E-state index is -3.09. The van der Waals surface area contributed by atoms with Gasteiger partial charge in [0.25, 0.3) is 0 Å². The molecule has 0 amide bonds. The van der Waals surface area contributed by atoms with E-state index in [4.69, 9.17) is 5.73 Å². The second kappa shape index (κ2) is 7.11. The van der Waals surface area contributed by atoms with Crippen LogP contribution in [0, 0.1) is 5.92 Å². The summed E-state index contributed by atoms with van der Waals surface area (Å²) in [6.07, 6.45) is 3.04. The number of sulfonamides is 1. The van der Waals surface area contributed by atoms with Gasteiger partial charge in [-0.05, 0) is 36.5 Å². The Morgan fingerprint density at radius 3 is 2.91 bits per heavy atom. The smallest absolute Gasteiger partial charge is 0.211 e. The maximum absolute atomic E-state index is 11.5. The van der Waals surface area contributed by atoms with E-state index in [2.05, 4.69) is 23.3 Å². The fraction of sp³-hybridized carbons (Fsp3) is 0.533. The van der Waals surface area contributed by atoms with Gasteiger partial charge in [-0.25, -0.2) is 12.7 Å². The van der Waals surface area contributed by atoms with Crippen LogP contribution in [-0.4, -0.2) is 44.6 Å².